The molecule has 3 rings (SSSR count). The maximum atomic E-state index is 12.9. The molecule has 32 heavy (non-hydrogen) atoms. The summed E-state index contributed by atoms with van der Waals surface area (Å²) in [7, 11) is -3.84. The van der Waals surface area contributed by atoms with E-state index in [1.54, 1.807) is 0 Å². The molecule has 0 saturated carbocycles. The number of amides is 2. The third-order valence-corrected chi connectivity index (χ3v) is 5.48. The van der Waals surface area contributed by atoms with Crippen molar-refractivity contribution < 1.29 is 22.7 Å². The second-order valence-corrected chi connectivity index (χ2v) is 8.57. The van der Waals surface area contributed by atoms with Gasteiger partial charge in [0.05, 0.1) is 4.90 Å². The first-order valence-corrected chi connectivity index (χ1v) is 11.3. The minimum Gasteiger partial charge on any atom is -0.445 e. The fourth-order valence-corrected chi connectivity index (χ4v) is 3.44. The van der Waals surface area contributed by atoms with Gasteiger partial charge >= 0.3 is 6.09 Å². The summed E-state index contributed by atoms with van der Waals surface area (Å²) in [5.74, 6) is -0.478. The van der Waals surface area contributed by atoms with Crippen LogP contribution in [0.25, 0.3) is 0 Å². The summed E-state index contributed by atoms with van der Waals surface area (Å²) in [6.45, 7) is 0.0708. The van der Waals surface area contributed by atoms with Gasteiger partial charge in [0.25, 0.3) is 0 Å². The summed E-state index contributed by atoms with van der Waals surface area (Å²) >= 11 is 0. The van der Waals surface area contributed by atoms with Crippen LogP contribution in [0.5, 0.6) is 0 Å². The van der Waals surface area contributed by atoms with E-state index < -0.39 is 28.1 Å². The van der Waals surface area contributed by atoms with Gasteiger partial charge < -0.3 is 15.4 Å². The first kappa shape index (κ1) is 23.0. The molecule has 3 aromatic carbocycles. The molecule has 0 bridgehead atoms. The third-order valence-electron chi connectivity index (χ3n) is 4.55. The molecule has 3 aromatic rings. The number of nitrogens with two attached hydrogens (primary N) is 1. The van der Waals surface area contributed by atoms with Gasteiger partial charge in [0.15, 0.2) is 0 Å². The number of hydrogen-bond donors (Lipinski definition) is 3. The number of carbonyl (C=O) groups excluding carboxylic acids is 2. The van der Waals surface area contributed by atoms with Crippen LogP contribution in [0.15, 0.2) is 89.8 Å². The van der Waals surface area contributed by atoms with Crippen LogP contribution in [0.3, 0.4) is 0 Å². The van der Waals surface area contributed by atoms with Gasteiger partial charge in [-0.2, -0.15) is 0 Å². The van der Waals surface area contributed by atoms with Crippen LogP contribution in [-0.2, 0) is 32.6 Å². The average Bonchev–Trinajstić information content (AvgIpc) is 2.78. The lowest BCUT2D eigenvalue weighted by atomic mass is 10.1. The Labute approximate surface area is 186 Å². The molecule has 166 valence electrons. The van der Waals surface area contributed by atoms with Crippen LogP contribution in [0.2, 0.25) is 0 Å². The van der Waals surface area contributed by atoms with Crippen LogP contribution in [0, 0.1) is 0 Å². The predicted octanol–water partition coefficient (Wildman–Crippen LogP) is 2.81. The quantitative estimate of drug-likeness (QED) is 0.483. The number of ether oxygens (including phenoxy) is 1. The molecule has 1 atom stereocenters. The van der Waals surface area contributed by atoms with Crippen LogP contribution < -0.4 is 15.8 Å². The molecule has 8 nitrogen and oxygen atoms in total. The molecule has 9 heteroatoms. The van der Waals surface area contributed by atoms with Crippen LogP contribution in [0.4, 0.5) is 10.5 Å². The van der Waals surface area contributed by atoms with E-state index in [0.717, 1.165) is 11.1 Å². The second-order valence-electron chi connectivity index (χ2n) is 7.01. The van der Waals surface area contributed by atoms with E-state index in [0.29, 0.717) is 5.69 Å². The number of hydrogen-bond acceptors (Lipinski definition) is 5. The van der Waals surface area contributed by atoms with Gasteiger partial charge in [-0.25, -0.2) is 18.4 Å². The van der Waals surface area contributed by atoms with Gasteiger partial charge in [-0.05, 0) is 35.4 Å². The van der Waals surface area contributed by atoms with Gasteiger partial charge in [-0.1, -0.05) is 60.7 Å². The minimum absolute atomic E-state index is 0.0704. The standard InChI is InChI=1S/C23H23N3O5S/c24-32(29,30)20-13-11-19(12-14-20)25-22(27)21(15-17-7-3-1-4-8-17)26-23(28)31-16-18-9-5-2-6-10-18/h1-14,21H,15-16H2,(H,25,27)(H,26,28)(H2,24,29,30)/t21-/m1/s1. The Balaban J connectivity index is 1.68. The number of sulfonamides is 1. The van der Waals surface area contributed by atoms with Crippen molar-refractivity contribution in [2.24, 2.45) is 5.14 Å². The topological polar surface area (TPSA) is 128 Å². The summed E-state index contributed by atoms with van der Waals surface area (Å²) in [5.41, 5.74) is 2.03. The van der Waals surface area contributed by atoms with Gasteiger partial charge in [0, 0.05) is 12.1 Å². The van der Waals surface area contributed by atoms with Crippen molar-refractivity contribution in [2.75, 3.05) is 5.32 Å². The molecule has 0 fully saturated rings. The van der Waals surface area contributed by atoms with Crippen molar-refractivity contribution in [1.82, 2.24) is 5.32 Å². The summed E-state index contributed by atoms with van der Waals surface area (Å²) in [6, 6.07) is 22.9. The molecule has 2 amide bonds. The zero-order valence-corrected chi connectivity index (χ0v) is 17.9. The fraction of sp³-hybridized carbons (Fsp3) is 0.130. The number of carbonyl (C=O) groups is 2. The Morgan fingerprint density at radius 1 is 0.844 bits per heavy atom. The normalized spacial score (nSPS) is 11.9. The van der Waals surface area contributed by atoms with E-state index in [9.17, 15) is 18.0 Å². The number of alkyl carbamates (subject to hydrolysis) is 1. The molecule has 4 N–H and O–H groups in total. The molecular weight excluding hydrogens is 430 g/mol. The molecule has 0 radical (unpaired) electrons. The zero-order valence-electron chi connectivity index (χ0n) is 17.1. The highest BCUT2D eigenvalue weighted by Crippen LogP contribution is 2.14. The summed E-state index contributed by atoms with van der Waals surface area (Å²) in [4.78, 5) is 25.1. The Hall–Kier alpha value is -3.69. The van der Waals surface area contributed by atoms with E-state index in [1.807, 2.05) is 60.7 Å². The third kappa shape index (κ3) is 6.93. The van der Waals surface area contributed by atoms with Crippen LogP contribution in [-0.4, -0.2) is 26.5 Å². The van der Waals surface area contributed by atoms with E-state index in [4.69, 9.17) is 9.88 Å². The summed E-state index contributed by atoms with van der Waals surface area (Å²) in [5, 5.41) is 10.4. The second kappa shape index (κ2) is 10.6. The molecule has 0 unspecified atom stereocenters. The highest BCUT2D eigenvalue weighted by atomic mass is 32.2. The SMILES string of the molecule is NS(=O)(=O)c1ccc(NC(=O)[C@@H](Cc2ccccc2)NC(=O)OCc2ccccc2)cc1. The van der Waals surface area contributed by atoms with Gasteiger partial charge in [0.1, 0.15) is 12.6 Å². The van der Waals surface area contributed by atoms with Gasteiger partial charge in [0.2, 0.25) is 15.9 Å². The van der Waals surface area contributed by atoms with Crippen molar-refractivity contribution in [3.05, 3.63) is 96.1 Å². The predicted molar refractivity (Wildman–Crippen MR) is 120 cm³/mol. The number of nitrogens with one attached hydrogen (secondary N) is 2. The lowest BCUT2D eigenvalue weighted by Crippen LogP contribution is -2.45. The summed E-state index contributed by atoms with van der Waals surface area (Å²) < 4.78 is 28.0. The largest absolute Gasteiger partial charge is 0.445 e. The number of anilines is 1. The Kier molecular flexibility index (Phi) is 7.58. The van der Waals surface area contributed by atoms with Crippen molar-refractivity contribution >= 4 is 27.7 Å². The van der Waals surface area contributed by atoms with Crippen molar-refractivity contribution in [1.29, 1.82) is 0 Å². The number of benzene rings is 3. The molecular formula is C23H23N3O5S. The molecule has 0 saturated heterocycles. The molecule has 0 aliphatic carbocycles. The first-order valence-electron chi connectivity index (χ1n) is 9.76. The average molecular weight is 454 g/mol. The van der Waals surface area contributed by atoms with Crippen LogP contribution >= 0.6 is 0 Å². The lowest BCUT2D eigenvalue weighted by Gasteiger charge is -2.19. The van der Waals surface area contributed by atoms with Crippen molar-refractivity contribution in [3.63, 3.8) is 0 Å². The minimum atomic E-state index is -3.84. The highest BCUT2D eigenvalue weighted by molar-refractivity contribution is 7.89. The van der Waals surface area contributed by atoms with Crippen LogP contribution in [0.1, 0.15) is 11.1 Å². The smallest absolute Gasteiger partial charge is 0.408 e. The maximum absolute atomic E-state index is 12.9. The monoisotopic (exact) mass is 453 g/mol. The Bertz CT molecular complexity index is 1150. The van der Waals surface area contributed by atoms with Gasteiger partial charge in [-0.3, -0.25) is 4.79 Å². The molecule has 0 spiro atoms. The van der Waals surface area contributed by atoms with Gasteiger partial charge in [-0.15, -0.1) is 0 Å². The van der Waals surface area contributed by atoms with E-state index in [1.165, 1.54) is 24.3 Å². The number of primary sulfonamides is 1. The van der Waals surface area contributed by atoms with E-state index in [2.05, 4.69) is 10.6 Å². The molecule has 0 heterocycles. The maximum Gasteiger partial charge on any atom is 0.408 e. The van der Waals surface area contributed by atoms with Crippen molar-refractivity contribution in [2.45, 2.75) is 24.0 Å². The molecule has 0 aliphatic rings. The number of rotatable bonds is 8. The first-order chi connectivity index (χ1) is 15.3. The Morgan fingerprint density at radius 3 is 1.97 bits per heavy atom. The zero-order chi connectivity index (χ0) is 23.0. The molecule has 0 aromatic heterocycles. The van der Waals surface area contributed by atoms with E-state index in [-0.39, 0.29) is 17.9 Å². The van der Waals surface area contributed by atoms with Crippen molar-refractivity contribution in [3.8, 4) is 0 Å². The van der Waals surface area contributed by atoms with E-state index >= 15 is 0 Å². The summed E-state index contributed by atoms with van der Waals surface area (Å²) in [6.07, 6.45) is -0.489. The Morgan fingerprint density at radius 2 is 1.41 bits per heavy atom. The fourth-order valence-electron chi connectivity index (χ4n) is 2.92. The molecule has 0 aliphatic heterocycles. The lowest BCUT2D eigenvalue weighted by molar-refractivity contribution is -0.118. The highest BCUT2D eigenvalue weighted by Gasteiger charge is 2.22.